The van der Waals surface area contributed by atoms with Gasteiger partial charge in [-0.25, -0.2) is 4.98 Å². The third kappa shape index (κ3) is 3.70. The summed E-state index contributed by atoms with van der Waals surface area (Å²) in [5.74, 6) is 2.58. The lowest BCUT2D eigenvalue weighted by Crippen LogP contribution is -2.43. The van der Waals surface area contributed by atoms with Gasteiger partial charge in [-0.1, -0.05) is 0 Å². The van der Waals surface area contributed by atoms with Crippen molar-refractivity contribution < 1.29 is 0 Å². The van der Waals surface area contributed by atoms with Gasteiger partial charge in [0.25, 0.3) is 0 Å². The van der Waals surface area contributed by atoms with Crippen molar-refractivity contribution in [2.75, 3.05) is 24.5 Å². The van der Waals surface area contributed by atoms with E-state index in [1.165, 1.54) is 25.7 Å². The molecule has 1 aliphatic heterocycles. The molecule has 2 heterocycles. The Labute approximate surface area is 126 Å². The normalized spacial score (nSPS) is 21.4. The Balaban J connectivity index is 1.47. The Morgan fingerprint density at radius 3 is 2.50 bits per heavy atom. The van der Waals surface area contributed by atoms with Crippen molar-refractivity contribution in [3.05, 3.63) is 5.82 Å². The molecular weight excluding hydrogens is 268 g/mol. The second-order valence-corrected chi connectivity index (χ2v) is 8.00. The quantitative estimate of drug-likeness (QED) is 0.927. The minimum atomic E-state index is 0.232. The van der Waals surface area contributed by atoms with Gasteiger partial charge in [-0.15, -0.1) is 0 Å². The van der Waals surface area contributed by atoms with Crippen molar-refractivity contribution in [1.29, 1.82) is 0 Å². The fourth-order valence-electron chi connectivity index (χ4n) is 2.64. The number of hydrogen-bond acceptors (Lipinski definition) is 5. The molecule has 1 aromatic heterocycles. The molecule has 2 aliphatic rings. The molecule has 0 aromatic carbocycles. The van der Waals surface area contributed by atoms with Crippen LogP contribution in [0.25, 0.3) is 0 Å². The minimum Gasteiger partial charge on any atom is -0.347 e. The van der Waals surface area contributed by atoms with Crippen LogP contribution in [0.3, 0.4) is 0 Å². The summed E-state index contributed by atoms with van der Waals surface area (Å²) in [5, 5.41) is 4.78. The Bertz CT molecular complexity index is 439. The summed E-state index contributed by atoms with van der Waals surface area (Å²) >= 11 is 1.59. The highest BCUT2D eigenvalue weighted by Gasteiger charge is 2.29. The van der Waals surface area contributed by atoms with Crippen molar-refractivity contribution in [1.82, 2.24) is 14.7 Å². The maximum absolute atomic E-state index is 4.72. The maximum Gasteiger partial charge on any atom is 0.205 e. The Morgan fingerprint density at radius 2 is 1.90 bits per heavy atom. The lowest BCUT2D eigenvalue weighted by molar-refractivity contribution is 0.329. The van der Waals surface area contributed by atoms with E-state index in [0.717, 1.165) is 36.5 Å². The predicted octanol–water partition coefficient (Wildman–Crippen LogP) is 3.02. The first-order chi connectivity index (χ1) is 9.51. The average Bonchev–Trinajstić information content (AvgIpc) is 3.14. The fourth-order valence-corrected chi connectivity index (χ4v) is 3.44. The van der Waals surface area contributed by atoms with E-state index in [1.807, 2.05) is 0 Å². The molecule has 0 spiro atoms. The second-order valence-electron chi connectivity index (χ2n) is 7.27. The molecule has 1 aromatic rings. The van der Waals surface area contributed by atoms with Crippen LogP contribution in [0.15, 0.2) is 0 Å². The molecule has 0 radical (unpaired) electrons. The highest BCUT2D eigenvalue weighted by molar-refractivity contribution is 7.09. The molecular formula is C15H26N4S. The smallest absolute Gasteiger partial charge is 0.205 e. The molecule has 1 N–H and O–H groups in total. The number of piperidine rings is 1. The Hall–Kier alpha value is -0.680. The van der Waals surface area contributed by atoms with Gasteiger partial charge in [0.15, 0.2) is 0 Å². The van der Waals surface area contributed by atoms with Crippen molar-refractivity contribution in [2.45, 2.75) is 57.9 Å². The summed E-state index contributed by atoms with van der Waals surface area (Å²) in [7, 11) is 0. The number of nitrogens with one attached hydrogen (secondary N) is 1. The summed E-state index contributed by atoms with van der Waals surface area (Å²) in [6.45, 7) is 10.1. The third-order valence-electron chi connectivity index (χ3n) is 4.18. The van der Waals surface area contributed by atoms with Gasteiger partial charge in [-0.05, 0) is 58.9 Å². The van der Waals surface area contributed by atoms with Gasteiger partial charge in [-0.2, -0.15) is 4.37 Å². The summed E-state index contributed by atoms with van der Waals surface area (Å²) in [4.78, 5) is 7.15. The predicted molar refractivity (Wildman–Crippen MR) is 84.6 cm³/mol. The van der Waals surface area contributed by atoms with E-state index in [0.29, 0.717) is 5.92 Å². The van der Waals surface area contributed by atoms with E-state index in [1.54, 1.807) is 11.5 Å². The van der Waals surface area contributed by atoms with Crippen LogP contribution in [0, 0.1) is 5.92 Å². The highest BCUT2D eigenvalue weighted by atomic mass is 32.1. The summed E-state index contributed by atoms with van der Waals surface area (Å²) in [5.41, 5.74) is 0.232. The van der Waals surface area contributed by atoms with E-state index in [-0.39, 0.29) is 5.54 Å². The van der Waals surface area contributed by atoms with Crippen LogP contribution in [0.5, 0.6) is 0 Å². The van der Waals surface area contributed by atoms with Crippen molar-refractivity contribution in [3.63, 3.8) is 0 Å². The largest absolute Gasteiger partial charge is 0.347 e. The van der Waals surface area contributed by atoms with Gasteiger partial charge in [0.1, 0.15) is 5.82 Å². The van der Waals surface area contributed by atoms with Crippen LogP contribution in [-0.2, 0) is 0 Å². The first-order valence-corrected chi connectivity index (χ1v) is 8.62. The number of aromatic nitrogens is 2. The van der Waals surface area contributed by atoms with E-state index < -0.39 is 0 Å². The summed E-state index contributed by atoms with van der Waals surface area (Å²) in [6, 6.07) is 0. The Kier molecular flexibility index (Phi) is 4.00. The third-order valence-corrected chi connectivity index (χ3v) is 4.97. The number of anilines is 1. The van der Waals surface area contributed by atoms with Crippen LogP contribution in [-0.4, -0.2) is 34.5 Å². The van der Waals surface area contributed by atoms with Gasteiger partial charge in [0.2, 0.25) is 5.13 Å². The van der Waals surface area contributed by atoms with Gasteiger partial charge in [-0.3, -0.25) is 0 Å². The topological polar surface area (TPSA) is 41.0 Å². The molecule has 0 atom stereocenters. The zero-order valence-electron chi connectivity index (χ0n) is 12.9. The van der Waals surface area contributed by atoms with Crippen molar-refractivity contribution >= 4 is 16.7 Å². The molecule has 0 bridgehead atoms. The van der Waals surface area contributed by atoms with Crippen molar-refractivity contribution in [2.24, 2.45) is 5.92 Å². The van der Waals surface area contributed by atoms with E-state index in [4.69, 9.17) is 4.98 Å². The van der Waals surface area contributed by atoms with Gasteiger partial charge < -0.3 is 10.2 Å². The molecule has 20 heavy (non-hydrogen) atoms. The number of hydrogen-bond donors (Lipinski definition) is 1. The molecule has 3 rings (SSSR count). The molecule has 0 unspecified atom stereocenters. The molecule has 5 heteroatoms. The van der Waals surface area contributed by atoms with E-state index >= 15 is 0 Å². The molecule has 0 amide bonds. The molecule has 2 fully saturated rings. The lowest BCUT2D eigenvalue weighted by Gasteiger charge is -2.33. The van der Waals surface area contributed by atoms with Gasteiger partial charge >= 0.3 is 0 Å². The molecule has 1 saturated heterocycles. The molecule has 4 nitrogen and oxygen atoms in total. The van der Waals surface area contributed by atoms with Gasteiger partial charge in [0.05, 0.1) is 0 Å². The first-order valence-electron chi connectivity index (χ1n) is 7.85. The maximum atomic E-state index is 4.72. The van der Waals surface area contributed by atoms with Crippen LogP contribution >= 0.6 is 11.5 Å². The summed E-state index contributed by atoms with van der Waals surface area (Å²) in [6.07, 6.45) is 5.11. The van der Waals surface area contributed by atoms with Crippen LogP contribution in [0.2, 0.25) is 0 Å². The molecule has 112 valence electrons. The minimum absolute atomic E-state index is 0.232. The SMILES string of the molecule is CC(C)(C)NCC1CCN(c2nc(C3CC3)ns2)CC1. The lowest BCUT2D eigenvalue weighted by atomic mass is 9.96. The highest BCUT2D eigenvalue weighted by Crippen LogP contribution is 2.40. The second kappa shape index (κ2) is 5.60. The van der Waals surface area contributed by atoms with E-state index in [9.17, 15) is 0 Å². The van der Waals surface area contributed by atoms with E-state index in [2.05, 4.69) is 35.4 Å². The molecule has 1 saturated carbocycles. The van der Waals surface area contributed by atoms with Crippen LogP contribution < -0.4 is 10.2 Å². The fraction of sp³-hybridized carbons (Fsp3) is 0.867. The number of rotatable bonds is 4. The van der Waals surface area contributed by atoms with Crippen LogP contribution in [0.4, 0.5) is 5.13 Å². The number of nitrogens with zero attached hydrogens (tertiary/aromatic N) is 3. The average molecular weight is 294 g/mol. The monoisotopic (exact) mass is 294 g/mol. The first kappa shape index (κ1) is 14.3. The summed E-state index contributed by atoms with van der Waals surface area (Å²) < 4.78 is 4.52. The molecule has 1 aliphatic carbocycles. The standard InChI is InChI=1S/C15H26N4S/c1-15(2,3)16-10-11-6-8-19(9-7-11)14-17-13(18-20-14)12-4-5-12/h11-12,16H,4-10H2,1-3H3. The van der Waals surface area contributed by atoms with Gasteiger partial charge in [0, 0.05) is 36.1 Å². The Morgan fingerprint density at radius 1 is 1.20 bits per heavy atom. The van der Waals surface area contributed by atoms with Crippen molar-refractivity contribution in [3.8, 4) is 0 Å². The zero-order valence-corrected chi connectivity index (χ0v) is 13.7. The van der Waals surface area contributed by atoms with Crippen LogP contribution in [0.1, 0.15) is 58.2 Å². The zero-order chi connectivity index (χ0) is 14.2.